The third-order valence-corrected chi connectivity index (χ3v) is 3.16. The Morgan fingerprint density at radius 3 is 1.60 bits per heavy atom. The van der Waals surface area contributed by atoms with Crippen molar-refractivity contribution in [3.05, 3.63) is 79.9 Å². The summed E-state index contributed by atoms with van der Waals surface area (Å²) in [7, 11) is 0. The highest BCUT2D eigenvalue weighted by Gasteiger charge is 2.15. The van der Waals surface area contributed by atoms with Crippen molar-refractivity contribution in [2.24, 2.45) is 0 Å². The van der Waals surface area contributed by atoms with E-state index in [9.17, 15) is 20.2 Å². The van der Waals surface area contributed by atoms with Gasteiger partial charge in [0.15, 0.2) is 0 Å². The number of rotatable bonds is 4. The van der Waals surface area contributed by atoms with E-state index in [1.54, 1.807) is 24.3 Å². The third kappa shape index (κ3) is 2.80. The summed E-state index contributed by atoms with van der Waals surface area (Å²) in [4.78, 5) is 20.6. The summed E-state index contributed by atoms with van der Waals surface area (Å²) in [6, 6.07) is 12.6. The molecular weight excluding hydrogens is 260 g/mol. The molecule has 0 bridgehead atoms. The van der Waals surface area contributed by atoms with E-state index < -0.39 is 9.85 Å². The number of nitro groups is 2. The van der Waals surface area contributed by atoms with E-state index in [0.29, 0.717) is 0 Å². The van der Waals surface area contributed by atoms with Gasteiger partial charge in [0.2, 0.25) is 0 Å². The molecule has 0 saturated carbocycles. The molecule has 2 rings (SSSR count). The van der Waals surface area contributed by atoms with E-state index >= 15 is 0 Å². The van der Waals surface area contributed by atoms with Crippen LogP contribution >= 0.6 is 0 Å². The van der Waals surface area contributed by atoms with Crippen LogP contribution in [0.1, 0.15) is 24.0 Å². The van der Waals surface area contributed by atoms with Gasteiger partial charge in [-0.3, -0.25) is 20.2 Å². The van der Waals surface area contributed by atoms with Crippen LogP contribution in [0.25, 0.3) is 0 Å². The molecular formula is C14H12N2O4. The second kappa shape index (κ2) is 5.48. The van der Waals surface area contributed by atoms with Gasteiger partial charge >= 0.3 is 0 Å². The summed E-state index contributed by atoms with van der Waals surface area (Å²) in [6.07, 6.45) is 0. The van der Waals surface area contributed by atoms with Gasteiger partial charge in [0.1, 0.15) is 0 Å². The molecule has 0 unspecified atom stereocenters. The lowest BCUT2D eigenvalue weighted by Gasteiger charge is -2.12. The number of non-ortho nitro benzene ring substituents is 2. The van der Waals surface area contributed by atoms with Crippen molar-refractivity contribution in [2.75, 3.05) is 0 Å². The molecule has 20 heavy (non-hydrogen) atoms. The molecule has 0 atom stereocenters. The van der Waals surface area contributed by atoms with Crippen LogP contribution in [0.15, 0.2) is 48.5 Å². The summed E-state index contributed by atoms with van der Waals surface area (Å²) in [5, 5.41) is 21.5. The van der Waals surface area contributed by atoms with Crippen LogP contribution < -0.4 is 0 Å². The molecule has 6 nitrogen and oxygen atoms in total. The highest BCUT2D eigenvalue weighted by Crippen LogP contribution is 2.28. The first-order valence-corrected chi connectivity index (χ1v) is 5.97. The van der Waals surface area contributed by atoms with E-state index in [4.69, 9.17) is 0 Å². The second-order valence-electron chi connectivity index (χ2n) is 4.43. The van der Waals surface area contributed by atoms with Gasteiger partial charge < -0.3 is 0 Å². The number of nitrogens with zero attached hydrogens (tertiary/aromatic N) is 2. The molecule has 6 heteroatoms. The first-order chi connectivity index (χ1) is 9.49. The van der Waals surface area contributed by atoms with Crippen LogP contribution in [-0.4, -0.2) is 9.85 Å². The minimum atomic E-state index is -0.455. The maximum Gasteiger partial charge on any atom is 0.269 e. The average Bonchev–Trinajstić information content (AvgIpc) is 2.46. The first-order valence-electron chi connectivity index (χ1n) is 5.97. The number of benzene rings is 2. The Balaban J connectivity index is 2.38. The van der Waals surface area contributed by atoms with Crippen molar-refractivity contribution < 1.29 is 9.85 Å². The number of hydrogen-bond acceptors (Lipinski definition) is 4. The average molecular weight is 272 g/mol. The quantitative estimate of drug-likeness (QED) is 0.627. The molecule has 0 N–H and O–H groups in total. The van der Waals surface area contributed by atoms with Gasteiger partial charge in [0, 0.05) is 30.2 Å². The van der Waals surface area contributed by atoms with Gasteiger partial charge in [-0.25, -0.2) is 0 Å². The van der Waals surface area contributed by atoms with Gasteiger partial charge in [-0.05, 0) is 11.1 Å². The smallest absolute Gasteiger partial charge is 0.258 e. The maximum absolute atomic E-state index is 10.8. The van der Waals surface area contributed by atoms with E-state index in [1.807, 2.05) is 6.92 Å². The molecule has 0 aliphatic carbocycles. The fraction of sp³-hybridized carbons (Fsp3) is 0.143. The number of hydrogen-bond donors (Lipinski definition) is 0. The number of nitro benzene ring substituents is 2. The summed E-state index contributed by atoms with van der Waals surface area (Å²) in [6.45, 7) is 1.86. The zero-order valence-corrected chi connectivity index (χ0v) is 10.7. The Kier molecular flexibility index (Phi) is 3.74. The highest BCUT2D eigenvalue weighted by molar-refractivity contribution is 5.43. The standard InChI is InChI=1S/C14H12N2O4/c1-10(11-4-2-6-13(8-11)15(17)18)12-5-3-7-14(9-12)16(19)20/h2-10H,1H3. The SMILES string of the molecule is CC(c1cccc([N+](=O)[O-])c1)c1cccc([N+](=O)[O-])c1. The Bertz CT molecular complexity index is 612. The van der Waals surface area contributed by atoms with Crippen LogP contribution in [-0.2, 0) is 0 Å². The van der Waals surface area contributed by atoms with Crippen LogP contribution in [0.5, 0.6) is 0 Å². The minimum absolute atomic E-state index is 0.0137. The molecule has 102 valence electrons. The van der Waals surface area contributed by atoms with Gasteiger partial charge in [-0.2, -0.15) is 0 Å². The lowest BCUT2D eigenvalue weighted by molar-refractivity contribution is -0.385. The summed E-state index contributed by atoms with van der Waals surface area (Å²) < 4.78 is 0. The van der Waals surface area contributed by atoms with E-state index in [1.165, 1.54) is 24.3 Å². The van der Waals surface area contributed by atoms with E-state index in [0.717, 1.165) is 11.1 Å². The molecule has 0 radical (unpaired) electrons. The molecule has 0 aliphatic rings. The van der Waals surface area contributed by atoms with Crippen LogP contribution in [0.3, 0.4) is 0 Å². The van der Waals surface area contributed by atoms with Crippen molar-refractivity contribution in [3.8, 4) is 0 Å². The predicted octanol–water partition coefficient (Wildman–Crippen LogP) is 3.65. The Hall–Kier alpha value is -2.76. The van der Waals surface area contributed by atoms with Crippen LogP contribution in [0, 0.1) is 20.2 Å². The molecule has 0 saturated heterocycles. The first kappa shape index (κ1) is 13.7. The highest BCUT2D eigenvalue weighted by atomic mass is 16.6. The molecule has 0 spiro atoms. The molecule has 0 heterocycles. The van der Waals surface area contributed by atoms with Gasteiger partial charge in [-0.15, -0.1) is 0 Å². The second-order valence-corrected chi connectivity index (χ2v) is 4.43. The Morgan fingerprint density at radius 1 is 0.850 bits per heavy atom. The van der Waals surface area contributed by atoms with Crippen molar-refractivity contribution in [3.63, 3.8) is 0 Å². The summed E-state index contributed by atoms with van der Waals surface area (Å²) in [5.74, 6) is -0.158. The fourth-order valence-electron chi connectivity index (χ4n) is 2.01. The van der Waals surface area contributed by atoms with Crippen LogP contribution in [0.2, 0.25) is 0 Å². The predicted molar refractivity (Wildman–Crippen MR) is 73.7 cm³/mol. The molecule has 2 aromatic rings. The largest absolute Gasteiger partial charge is 0.269 e. The van der Waals surface area contributed by atoms with Crippen molar-refractivity contribution >= 4 is 11.4 Å². The zero-order chi connectivity index (χ0) is 14.7. The third-order valence-electron chi connectivity index (χ3n) is 3.16. The van der Waals surface area contributed by atoms with Gasteiger partial charge in [0.25, 0.3) is 11.4 Å². The van der Waals surface area contributed by atoms with Crippen molar-refractivity contribution in [2.45, 2.75) is 12.8 Å². The van der Waals surface area contributed by atoms with Gasteiger partial charge in [-0.1, -0.05) is 31.2 Å². The maximum atomic E-state index is 10.8. The Labute approximate surface area is 115 Å². The van der Waals surface area contributed by atoms with Crippen molar-refractivity contribution in [1.82, 2.24) is 0 Å². The Morgan fingerprint density at radius 2 is 1.25 bits per heavy atom. The molecule has 0 fully saturated rings. The summed E-state index contributed by atoms with van der Waals surface area (Å²) >= 11 is 0. The fourth-order valence-corrected chi connectivity index (χ4v) is 2.01. The minimum Gasteiger partial charge on any atom is -0.258 e. The van der Waals surface area contributed by atoms with E-state index in [2.05, 4.69) is 0 Å². The molecule has 2 aromatic carbocycles. The lowest BCUT2D eigenvalue weighted by Crippen LogP contribution is -1.98. The molecule has 0 amide bonds. The molecule has 0 aliphatic heterocycles. The summed E-state index contributed by atoms with van der Waals surface area (Å²) in [5.41, 5.74) is 1.53. The van der Waals surface area contributed by atoms with Crippen LogP contribution in [0.4, 0.5) is 11.4 Å². The zero-order valence-electron chi connectivity index (χ0n) is 10.7. The topological polar surface area (TPSA) is 86.3 Å². The molecule has 0 aromatic heterocycles. The normalized spacial score (nSPS) is 10.5. The van der Waals surface area contributed by atoms with E-state index in [-0.39, 0.29) is 17.3 Å². The van der Waals surface area contributed by atoms with Crippen molar-refractivity contribution in [1.29, 1.82) is 0 Å². The monoisotopic (exact) mass is 272 g/mol. The lowest BCUT2D eigenvalue weighted by atomic mass is 9.92. The van der Waals surface area contributed by atoms with Gasteiger partial charge in [0.05, 0.1) is 9.85 Å².